The molecule has 4 saturated carbocycles. The van der Waals surface area contributed by atoms with E-state index in [2.05, 4.69) is 29.4 Å². The zero-order valence-corrected chi connectivity index (χ0v) is 11.8. The summed E-state index contributed by atoms with van der Waals surface area (Å²) in [5.74, 6) is 2.90. The first-order valence-electron chi connectivity index (χ1n) is 8.03. The van der Waals surface area contributed by atoms with E-state index in [9.17, 15) is 0 Å². The topological polar surface area (TPSA) is 25.8 Å². The summed E-state index contributed by atoms with van der Waals surface area (Å²) in [7, 11) is 0. The predicted octanol–water partition coefficient (Wildman–Crippen LogP) is 4.10. The molecule has 2 aromatic rings. The molecule has 2 nitrogen and oxygen atoms in total. The second kappa shape index (κ2) is 3.81. The Hall–Kier alpha value is -1.44. The Bertz CT molecular complexity index is 641. The summed E-state index contributed by atoms with van der Waals surface area (Å²) >= 11 is 0. The number of rotatable bonds is 1. The van der Waals surface area contributed by atoms with Crippen molar-refractivity contribution in [3.05, 3.63) is 36.2 Å². The van der Waals surface area contributed by atoms with Crippen LogP contribution >= 0.6 is 0 Å². The van der Waals surface area contributed by atoms with Gasteiger partial charge in [0.1, 0.15) is 0 Å². The van der Waals surface area contributed by atoms with Gasteiger partial charge in [0.2, 0.25) is 0 Å². The largest absolute Gasteiger partial charge is 0.253 e. The van der Waals surface area contributed by atoms with Crippen LogP contribution in [0, 0.1) is 17.8 Å². The van der Waals surface area contributed by atoms with Crippen molar-refractivity contribution in [3.63, 3.8) is 0 Å². The van der Waals surface area contributed by atoms with E-state index in [1.54, 1.807) is 0 Å². The number of nitrogens with zero attached hydrogens (tertiary/aromatic N) is 2. The average Bonchev–Trinajstić information content (AvgIpc) is 2.45. The molecule has 1 aromatic heterocycles. The molecule has 0 spiro atoms. The van der Waals surface area contributed by atoms with Crippen molar-refractivity contribution in [3.8, 4) is 0 Å². The summed E-state index contributed by atoms with van der Waals surface area (Å²) in [5.41, 5.74) is 3.75. The maximum Gasteiger partial charge on any atom is 0.0890 e. The van der Waals surface area contributed by atoms with Gasteiger partial charge in [-0.1, -0.05) is 12.1 Å². The third kappa shape index (κ3) is 1.51. The summed E-state index contributed by atoms with van der Waals surface area (Å²) < 4.78 is 0. The van der Waals surface area contributed by atoms with Gasteiger partial charge in [-0.25, -0.2) is 4.98 Å². The van der Waals surface area contributed by atoms with Crippen LogP contribution in [-0.2, 0) is 5.41 Å². The highest BCUT2D eigenvalue weighted by molar-refractivity contribution is 5.73. The summed E-state index contributed by atoms with van der Waals surface area (Å²) in [5, 5.41) is 0. The Morgan fingerprint density at radius 1 is 0.850 bits per heavy atom. The van der Waals surface area contributed by atoms with E-state index in [0.717, 1.165) is 28.8 Å². The van der Waals surface area contributed by atoms with Gasteiger partial charge in [0.25, 0.3) is 0 Å². The van der Waals surface area contributed by atoms with Crippen LogP contribution < -0.4 is 0 Å². The molecule has 6 rings (SSSR count). The Balaban J connectivity index is 1.63. The van der Waals surface area contributed by atoms with Crippen LogP contribution in [0.5, 0.6) is 0 Å². The first-order valence-corrected chi connectivity index (χ1v) is 8.03. The zero-order chi connectivity index (χ0) is 13.2. The van der Waals surface area contributed by atoms with E-state index >= 15 is 0 Å². The zero-order valence-electron chi connectivity index (χ0n) is 11.8. The molecular weight excluding hydrogens is 244 g/mol. The van der Waals surface area contributed by atoms with Gasteiger partial charge in [-0.05, 0) is 68.4 Å². The maximum atomic E-state index is 5.00. The number of para-hydroxylation sites is 2. The van der Waals surface area contributed by atoms with Crippen molar-refractivity contribution in [1.82, 2.24) is 9.97 Å². The van der Waals surface area contributed by atoms with Crippen LogP contribution in [0.4, 0.5) is 0 Å². The highest BCUT2D eigenvalue weighted by atomic mass is 14.8. The van der Waals surface area contributed by atoms with Crippen LogP contribution in [-0.4, -0.2) is 9.97 Å². The fourth-order valence-corrected chi connectivity index (χ4v) is 5.64. The van der Waals surface area contributed by atoms with E-state index in [-0.39, 0.29) is 0 Å². The van der Waals surface area contributed by atoms with E-state index in [1.807, 2.05) is 6.07 Å². The van der Waals surface area contributed by atoms with Crippen LogP contribution in [0.3, 0.4) is 0 Å². The maximum absolute atomic E-state index is 5.00. The molecule has 2 heteroatoms. The number of hydrogen-bond donors (Lipinski definition) is 0. The smallest absolute Gasteiger partial charge is 0.0890 e. The molecule has 1 heterocycles. The highest BCUT2D eigenvalue weighted by Gasteiger charge is 2.52. The summed E-state index contributed by atoms with van der Waals surface area (Å²) in [6.07, 6.45) is 10.6. The van der Waals surface area contributed by atoms with Gasteiger partial charge < -0.3 is 0 Å². The van der Waals surface area contributed by atoms with E-state index < -0.39 is 0 Å². The summed E-state index contributed by atoms with van der Waals surface area (Å²) in [6.45, 7) is 0. The van der Waals surface area contributed by atoms with E-state index in [0.29, 0.717) is 5.41 Å². The molecule has 4 aliphatic rings. The SMILES string of the molecule is c1ccc2nc(C34CC5CC(CC(C5)C3)C4)cnc2c1. The van der Waals surface area contributed by atoms with E-state index in [1.165, 1.54) is 44.2 Å². The van der Waals surface area contributed by atoms with Gasteiger partial charge in [0.15, 0.2) is 0 Å². The van der Waals surface area contributed by atoms with Crippen LogP contribution in [0.1, 0.15) is 44.2 Å². The normalized spacial score (nSPS) is 38.5. The number of aromatic nitrogens is 2. The minimum absolute atomic E-state index is 0.367. The first-order chi connectivity index (χ1) is 9.81. The van der Waals surface area contributed by atoms with Gasteiger partial charge in [-0.3, -0.25) is 4.98 Å². The number of hydrogen-bond acceptors (Lipinski definition) is 2. The monoisotopic (exact) mass is 264 g/mol. The Labute approximate surface area is 119 Å². The highest BCUT2D eigenvalue weighted by Crippen LogP contribution is 2.60. The second-order valence-corrected chi connectivity index (χ2v) is 7.44. The van der Waals surface area contributed by atoms with Crippen LogP contribution in [0.15, 0.2) is 30.5 Å². The van der Waals surface area contributed by atoms with Crippen molar-refractivity contribution >= 4 is 11.0 Å². The van der Waals surface area contributed by atoms with Crippen molar-refractivity contribution in [2.75, 3.05) is 0 Å². The average molecular weight is 264 g/mol. The lowest BCUT2D eigenvalue weighted by atomic mass is 9.49. The fraction of sp³-hybridized carbons (Fsp3) is 0.556. The molecule has 102 valence electrons. The molecule has 0 unspecified atom stereocenters. The molecule has 0 aliphatic heterocycles. The summed E-state index contributed by atoms with van der Waals surface area (Å²) in [4.78, 5) is 9.68. The molecule has 0 amide bonds. The number of fused-ring (bicyclic) bond motifs is 1. The summed E-state index contributed by atoms with van der Waals surface area (Å²) in [6, 6.07) is 8.28. The second-order valence-electron chi connectivity index (χ2n) is 7.44. The Kier molecular flexibility index (Phi) is 2.14. The van der Waals surface area contributed by atoms with Gasteiger partial charge in [-0.15, -0.1) is 0 Å². The van der Waals surface area contributed by atoms with Gasteiger partial charge in [-0.2, -0.15) is 0 Å². The minimum Gasteiger partial charge on any atom is -0.253 e. The van der Waals surface area contributed by atoms with Crippen LogP contribution in [0.2, 0.25) is 0 Å². The molecule has 0 radical (unpaired) electrons. The van der Waals surface area contributed by atoms with Crippen molar-refractivity contribution in [2.45, 2.75) is 43.9 Å². The third-order valence-corrected chi connectivity index (χ3v) is 6.03. The van der Waals surface area contributed by atoms with Crippen molar-refractivity contribution < 1.29 is 0 Å². The molecule has 1 aromatic carbocycles. The standard InChI is InChI=1S/C18H20N2/c1-2-4-16-15(3-1)19-11-17(20-16)18-8-12-5-13(9-18)7-14(6-12)10-18/h1-4,11-14H,5-10H2. The molecule has 0 N–H and O–H groups in total. The Morgan fingerprint density at radius 2 is 1.45 bits per heavy atom. The number of benzene rings is 1. The van der Waals surface area contributed by atoms with E-state index in [4.69, 9.17) is 4.98 Å². The quantitative estimate of drug-likeness (QED) is 0.775. The molecule has 20 heavy (non-hydrogen) atoms. The minimum atomic E-state index is 0.367. The third-order valence-electron chi connectivity index (χ3n) is 6.03. The lowest BCUT2D eigenvalue weighted by Crippen LogP contribution is -2.49. The first kappa shape index (κ1) is 11.2. The van der Waals surface area contributed by atoms with Crippen molar-refractivity contribution in [2.24, 2.45) is 17.8 Å². The van der Waals surface area contributed by atoms with Gasteiger partial charge in [0, 0.05) is 11.6 Å². The Morgan fingerprint density at radius 3 is 2.10 bits per heavy atom. The lowest BCUT2D eigenvalue weighted by molar-refractivity contribution is -0.00721. The van der Waals surface area contributed by atoms with Gasteiger partial charge >= 0.3 is 0 Å². The van der Waals surface area contributed by atoms with Gasteiger partial charge in [0.05, 0.1) is 16.7 Å². The van der Waals surface area contributed by atoms with Crippen LogP contribution in [0.25, 0.3) is 11.0 Å². The molecule has 4 aliphatic carbocycles. The lowest BCUT2D eigenvalue weighted by Gasteiger charge is -2.56. The fourth-order valence-electron chi connectivity index (χ4n) is 5.64. The molecule has 4 fully saturated rings. The molecular formula is C18H20N2. The predicted molar refractivity (Wildman–Crippen MR) is 79.4 cm³/mol. The van der Waals surface area contributed by atoms with Crippen molar-refractivity contribution in [1.29, 1.82) is 0 Å². The molecule has 0 atom stereocenters. The molecule has 4 bridgehead atoms. The molecule has 0 saturated heterocycles.